The van der Waals surface area contributed by atoms with Gasteiger partial charge >= 0.3 is 15.6 Å². The molecule has 1 aliphatic heterocycles. The number of methoxy groups -OCH3 is 1. The van der Waals surface area contributed by atoms with Crippen LogP contribution < -0.4 is 15.1 Å². The molecule has 344 valence electrons. The lowest BCUT2D eigenvalue weighted by Crippen LogP contribution is -2.66. The van der Waals surface area contributed by atoms with E-state index < -0.39 is 53.1 Å². The van der Waals surface area contributed by atoms with Gasteiger partial charge in [-0.2, -0.15) is 21.6 Å². The fourth-order valence-corrected chi connectivity index (χ4v) is 14.8. The van der Waals surface area contributed by atoms with E-state index in [4.69, 9.17) is 27.6 Å². The summed E-state index contributed by atoms with van der Waals surface area (Å²) in [5.41, 5.74) is -4.88. The van der Waals surface area contributed by atoms with E-state index in [1.54, 1.807) is 7.11 Å². The number of allylic oxidation sites excluding steroid dienone is 4. The molecule has 0 radical (unpaired) electrons. The zero-order valence-electron chi connectivity index (χ0n) is 37.8. The molecular weight excluding hydrogens is 846 g/mol. The molecule has 2 bridgehead atoms. The van der Waals surface area contributed by atoms with Crippen molar-refractivity contribution in [1.29, 1.82) is 0 Å². The van der Waals surface area contributed by atoms with Gasteiger partial charge in [-0.1, -0.05) is 125 Å². The Morgan fingerprint density at radius 2 is 1.48 bits per heavy atom. The van der Waals surface area contributed by atoms with Gasteiger partial charge in [-0.3, -0.25) is 0 Å². The molecule has 6 rings (SSSR count). The van der Waals surface area contributed by atoms with Crippen molar-refractivity contribution in [3.05, 3.63) is 126 Å². The van der Waals surface area contributed by atoms with E-state index >= 15 is 0 Å². The number of alkyl halides is 3. The predicted octanol–water partition coefficient (Wildman–Crippen LogP) is 10.8. The Bertz CT molecular complexity index is 2100. The summed E-state index contributed by atoms with van der Waals surface area (Å²) >= 11 is 0. The van der Waals surface area contributed by atoms with Gasteiger partial charge in [0.15, 0.2) is 5.79 Å². The third-order valence-corrected chi connectivity index (χ3v) is 19.0. The monoisotopic (exact) mass is 910 g/mol. The van der Waals surface area contributed by atoms with E-state index in [9.17, 15) is 21.6 Å². The smallest absolute Gasteiger partial charge is 0.497 e. The fourth-order valence-electron chi connectivity index (χ4n) is 9.66. The second-order valence-electron chi connectivity index (χ2n) is 18.6. The molecule has 0 saturated carbocycles. The van der Waals surface area contributed by atoms with E-state index in [-0.39, 0.29) is 49.6 Å². The lowest BCUT2D eigenvalue weighted by atomic mass is 9.63. The Labute approximate surface area is 374 Å². The molecule has 3 aromatic rings. The minimum Gasteiger partial charge on any atom is -0.497 e. The highest BCUT2D eigenvalue weighted by molar-refractivity contribution is 7.87. The van der Waals surface area contributed by atoms with Gasteiger partial charge in [0.1, 0.15) is 11.5 Å². The molecule has 0 aromatic heterocycles. The Hall–Kier alpha value is -3.72. The van der Waals surface area contributed by atoms with Gasteiger partial charge in [-0.25, -0.2) is 0 Å². The number of hydrogen-bond acceptors (Lipinski definition) is 8. The van der Waals surface area contributed by atoms with Crippen molar-refractivity contribution in [2.45, 2.75) is 116 Å². The number of halogens is 3. The highest BCUT2D eigenvalue weighted by atomic mass is 32.2. The maximum absolute atomic E-state index is 14.4. The Kier molecular flexibility index (Phi) is 15.6. The molecule has 0 N–H and O–H groups in total. The van der Waals surface area contributed by atoms with Crippen LogP contribution in [0.3, 0.4) is 0 Å². The zero-order chi connectivity index (χ0) is 45.5. The maximum Gasteiger partial charge on any atom is 0.534 e. The van der Waals surface area contributed by atoms with Crippen molar-refractivity contribution in [3.63, 3.8) is 0 Å². The van der Waals surface area contributed by atoms with E-state index in [0.717, 1.165) is 47.2 Å². The molecule has 1 heterocycles. The number of benzene rings is 3. The summed E-state index contributed by atoms with van der Waals surface area (Å²) in [5, 5.41) is 1.87. The molecule has 1 saturated heterocycles. The number of rotatable bonds is 18. The number of ether oxygens (including phenoxy) is 4. The van der Waals surface area contributed by atoms with Crippen LogP contribution >= 0.6 is 0 Å². The first-order chi connectivity index (χ1) is 29.9. The summed E-state index contributed by atoms with van der Waals surface area (Å²) in [4.78, 5) is 0. The Morgan fingerprint density at radius 3 is 2.03 bits per heavy atom. The van der Waals surface area contributed by atoms with Crippen LogP contribution in [0.2, 0.25) is 5.04 Å². The standard InChI is InChI=1S/C50H65F3O8SSi/c1-8-9-10-11-12-15-20-38-33-43-46(57-34-37-25-27-39(56-7)28-26-37)45(44(61-62(54,55)50(51,52)53)29-31-49(43)35-58-48(5,6)59-36-49)42(38)30-32-60-63(47(2,3)4,40-21-16-13-17-22-40)41-23-18-14-19-24-41/h8-9,13-14,16-19,21-29,33,38,42,45-46H,10-12,15,20,30-32,34-36H2,1-7H3/b9-8+/t38-,42+,45+,46+/m1/s1. The van der Waals surface area contributed by atoms with E-state index in [0.29, 0.717) is 18.6 Å². The minimum absolute atomic E-state index is 0.0893. The highest BCUT2D eigenvalue weighted by Crippen LogP contribution is 2.55. The predicted molar refractivity (Wildman–Crippen MR) is 243 cm³/mol. The van der Waals surface area contributed by atoms with E-state index in [2.05, 4.69) is 57.2 Å². The zero-order valence-corrected chi connectivity index (χ0v) is 39.6. The van der Waals surface area contributed by atoms with Crippen molar-refractivity contribution in [2.24, 2.45) is 23.2 Å². The van der Waals surface area contributed by atoms with Crippen LogP contribution in [0.4, 0.5) is 13.2 Å². The molecule has 8 nitrogen and oxygen atoms in total. The normalized spacial score (nSPS) is 22.6. The maximum atomic E-state index is 14.4. The average molecular weight is 911 g/mol. The lowest BCUT2D eigenvalue weighted by Gasteiger charge is -2.50. The molecule has 13 heteroatoms. The Morgan fingerprint density at radius 1 is 0.857 bits per heavy atom. The van der Waals surface area contributed by atoms with Crippen molar-refractivity contribution < 1.29 is 49.1 Å². The fraction of sp³-hybridized carbons (Fsp3) is 0.520. The van der Waals surface area contributed by atoms with Crippen LogP contribution in [0.1, 0.15) is 92.1 Å². The van der Waals surface area contributed by atoms with Gasteiger partial charge in [0.2, 0.25) is 0 Å². The topological polar surface area (TPSA) is 89.5 Å². The van der Waals surface area contributed by atoms with Crippen LogP contribution in [0.15, 0.2) is 121 Å². The molecule has 63 heavy (non-hydrogen) atoms. The van der Waals surface area contributed by atoms with Crippen LogP contribution in [0, 0.1) is 23.2 Å². The molecule has 2 aliphatic carbocycles. The lowest BCUT2D eigenvalue weighted by molar-refractivity contribution is -0.280. The summed E-state index contributed by atoms with van der Waals surface area (Å²) < 4.78 is 107. The third-order valence-electron chi connectivity index (χ3n) is 13.0. The van der Waals surface area contributed by atoms with Gasteiger partial charge in [-0.05, 0) is 109 Å². The molecular formula is C50H65F3O8SSi. The summed E-state index contributed by atoms with van der Waals surface area (Å²) in [6.07, 6.45) is 12.1. The molecule has 1 fully saturated rings. The summed E-state index contributed by atoms with van der Waals surface area (Å²) in [5.74, 6) is -2.06. The van der Waals surface area contributed by atoms with Crippen molar-refractivity contribution in [3.8, 4) is 5.75 Å². The molecule has 0 unspecified atom stereocenters. The van der Waals surface area contributed by atoms with Gasteiger partial charge < -0.3 is 27.6 Å². The van der Waals surface area contributed by atoms with Gasteiger partial charge in [0, 0.05) is 12.0 Å². The Balaban J connectivity index is 1.49. The van der Waals surface area contributed by atoms with Crippen molar-refractivity contribution >= 4 is 28.8 Å². The van der Waals surface area contributed by atoms with E-state index in [1.807, 2.05) is 87.5 Å². The molecule has 4 atom stereocenters. The quantitative estimate of drug-likeness (QED) is 0.0410. The van der Waals surface area contributed by atoms with E-state index in [1.165, 1.54) is 6.08 Å². The van der Waals surface area contributed by atoms with Crippen LogP contribution in [0.5, 0.6) is 5.75 Å². The first kappa shape index (κ1) is 48.7. The van der Waals surface area contributed by atoms with Crippen molar-refractivity contribution in [2.75, 3.05) is 26.9 Å². The minimum atomic E-state index is -6.07. The SMILES string of the molecule is C/C=C/CCCCC[C@@H]1C=C2[C@H](OCc3ccc(OC)cc3)[C@H](C(OS(=O)(=O)C(F)(F)F)=CCC23COC(C)(C)OC3)[C@H]1CCO[Si](c1ccccc1)(c1ccccc1)C(C)(C)C. The summed E-state index contributed by atoms with van der Waals surface area (Å²) in [7, 11) is -7.52. The van der Waals surface area contributed by atoms with Gasteiger partial charge in [-0.15, -0.1) is 0 Å². The largest absolute Gasteiger partial charge is 0.534 e. The van der Waals surface area contributed by atoms with Gasteiger partial charge in [0.05, 0.1) is 39.0 Å². The van der Waals surface area contributed by atoms with Gasteiger partial charge in [0.25, 0.3) is 8.32 Å². The second kappa shape index (κ2) is 20.2. The highest BCUT2D eigenvalue weighted by Gasteiger charge is 2.57. The molecule has 1 spiro atoms. The third kappa shape index (κ3) is 11.0. The number of unbranched alkanes of at least 4 members (excludes halogenated alkanes) is 3. The summed E-state index contributed by atoms with van der Waals surface area (Å²) in [6, 6.07) is 27.9. The van der Waals surface area contributed by atoms with Crippen LogP contribution in [-0.4, -0.2) is 61.1 Å². The number of fused-ring (bicyclic) bond motifs is 3. The summed E-state index contributed by atoms with van der Waals surface area (Å²) in [6.45, 7) is 13.0. The van der Waals surface area contributed by atoms with Crippen LogP contribution in [0.25, 0.3) is 0 Å². The first-order valence-corrected chi connectivity index (χ1v) is 25.5. The molecule has 0 amide bonds. The molecule has 3 aromatic carbocycles. The second-order valence-corrected chi connectivity index (χ2v) is 24.5. The first-order valence-electron chi connectivity index (χ1n) is 22.2. The average Bonchev–Trinajstić information content (AvgIpc) is 3.33. The molecule has 3 aliphatic rings. The van der Waals surface area contributed by atoms with Crippen LogP contribution in [-0.2, 0) is 39.5 Å². The number of hydrogen-bond donors (Lipinski definition) is 0. The van der Waals surface area contributed by atoms with Crippen molar-refractivity contribution in [1.82, 2.24) is 0 Å².